The Hall–Kier alpha value is -4.51. The van der Waals surface area contributed by atoms with E-state index in [2.05, 4.69) is 58.7 Å². The van der Waals surface area contributed by atoms with Gasteiger partial charge in [-0.15, -0.1) is 0 Å². The molecule has 4 atom stereocenters. The van der Waals surface area contributed by atoms with E-state index in [4.69, 9.17) is 23.8 Å². The average molecular weight is 689 g/mol. The first-order valence-electron chi connectivity index (χ1n) is 16.1. The van der Waals surface area contributed by atoms with Gasteiger partial charge >= 0.3 is 6.09 Å². The van der Waals surface area contributed by atoms with Gasteiger partial charge in [-0.1, -0.05) is 43.3 Å². The van der Waals surface area contributed by atoms with E-state index >= 15 is 0 Å². The van der Waals surface area contributed by atoms with Crippen molar-refractivity contribution in [1.82, 2.24) is 24.2 Å². The highest BCUT2D eigenvalue weighted by Crippen LogP contribution is 2.51. The lowest BCUT2D eigenvalue weighted by atomic mass is 10.1. The Morgan fingerprint density at radius 1 is 1.06 bits per heavy atom. The molecule has 0 saturated carbocycles. The highest BCUT2D eigenvalue weighted by atomic mass is 31.2. The maximum atomic E-state index is 13.9. The number of amides is 2. The van der Waals surface area contributed by atoms with Crippen LogP contribution in [0.25, 0.3) is 11.2 Å². The number of carbonyl (C=O) groups is 2. The largest absolute Gasteiger partial charge is 0.425 e. The smallest absolute Gasteiger partial charge is 0.388 e. The molecule has 2 aromatic heterocycles. The molecule has 0 radical (unpaired) electrons. The van der Waals surface area contributed by atoms with Crippen LogP contribution in [-0.2, 0) is 18.6 Å². The normalized spacial score (nSPS) is 18.2. The molecule has 3 heterocycles. The van der Waals surface area contributed by atoms with E-state index in [1.54, 1.807) is 28.8 Å². The third-order valence-electron chi connectivity index (χ3n) is 7.59. The van der Waals surface area contributed by atoms with Crippen molar-refractivity contribution in [2.75, 3.05) is 23.4 Å². The van der Waals surface area contributed by atoms with E-state index in [0.717, 1.165) is 0 Å². The third kappa shape index (κ3) is 8.39. The number of carbonyl (C=O) groups excluding carboxylic acids is 2. The molecule has 1 aliphatic rings. The maximum absolute atomic E-state index is 13.9. The van der Waals surface area contributed by atoms with Crippen molar-refractivity contribution in [2.24, 2.45) is 5.92 Å². The summed E-state index contributed by atoms with van der Waals surface area (Å²) in [6, 6.07) is 20.5. The fourth-order valence-electron chi connectivity index (χ4n) is 5.52. The van der Waals surface area contributed by atoms with E-state index in [0.29, 0.717) is 18.0 Å². The molecule has 0 spiro atoms. The number of nitrogens with zero attached hydrogens (tertiary/aromatic N) is 7. The lowest BCUT2D eigenvalue weighted by molar-refractivity contribution is -0.114. The van der Waals surface area contributed by atoms with Crippen LogP contribution in [0, 0.1) is 17.2 Å². The number of rotatable bonds is 13. The molecule has 1 saturated heterocycles. The van der Waals surface area contributed by atoms with E-state index < -0.39 is 32.9 Å². The minimum absolute atomic E-state index is 0.0487. The average Bonchev–Trinajstić information content (AvgIpc) is 3.64. The van der Waals surface area contributed by atoms with Crippen LogP contribution in [0.2, 0.25) is 0 Å². The van der Waals surface area contributed by atoms with Crippen molar-refractivity contribution in [1.29, 1.82) is 5.26 Å². The molecule has 1 aliphatic heterocycles. The van der Waals surface area contributed by atoms with Crippen LogP contribution >= 0.6 is 8.53 Å². The van der Waals surface area contributed by atoms with Gasteiger partial charge in [0.15, 0.2) is 17.4 Å². The second kappa shape index (κ2) is 16.3. The molecule has 2 unspecified atom stereocenters. The molecule has 15 heteroatoms. The number of nitrogens with one attached hydrogen (secondary N) is 1. The highest BCUT2D eigenvalue weighted by molar-refractivity contribution is 7.44. The van der Waals surface area contributed by atoms with Crippen molar-refractivity contribution in [3.63, 3.8) is 0 Å². The quantitative estimate of drug-likeness (QED) is 0.115. The zero-order valence-electron chi connectivity index (χ0n) is 28.4. The number of fused-ring (bicyclic) bond motifs is 1. The lowest BCUT2D eigenvalue weighted by Crippen LogP contribution is -2.36. The van der Waals surface area contributed by atoms with Gasteiger partial charge in [0, 0.05) is 24.9 Å². The summed E-state index contributed by atoms with van der Waals surface area (Å²) in [5.74, 6) is -0.683. The van der Waals surface area contributed by atoms with Crippen molar-refractivity contribution in [3.8, 4) is 11.9 Å². The number of hydrogen-bond donors (Lipinski definition) is 1. The van der Waals surface area contributed by atoms with Crippen LogP contribution in [0.5, 0.6) is 5.88 Å². The minimum Gasteiger partial charge on any atom is -0.388 e. The number of imidazole rings is 1. The van der Waals surface area contributed by atoms with Crippen LogP contribution in [-0.4, -0.2) is 67.6 Å². The molecule has 1 fully saturated rings. The second-order valence-electron chi connectivity index (χ2n) is 12.0. The van der Waals surface area contributed by atoms with E-state index in [1.807, 2.05) is 43.3 Å². The van der Waals surface area contributed by atoms with Gasteiger partial charge in [0.25, 0.3) is 14.4 Å². The first-order valence-corrected chi connectivity index (χ1v) is 17.2. The Bertz CT molecular complexity index is 1720. The highest BCUT2D eigenvalue weighted by Gasteiger charge is 2.42. The van der Waals surface area contributed by atoms with Crippen molar-refractivity contribution in [2.45, 2.75) is 72.4 Å². The molecular weight excluding hydrogens is 647 g/mol. The zero-order chi connectivity index (χ0) is 35.1. The van der Waals surface area contributed by atoms with Gasteiger partial charge in [0.1, 0.15) is 6.10 Å². The van der Waals surface area contributed by atoms with Gasteiger partial charge < -0.3 is 18.5 Å². The first kappa shape index (κ1) is 35.8. The Balaban J connectivity index is 1.52. The van der Waals surface area contributed by atoms with Gasteiger partial charge in [-0.2, -0.15) is 15.2 Å². The van der Waals surface area contributed by atoms with E-state index in [-0.39, 0.29) is 54.0 Å². The van der Waals surface area contributed by atoms with Crippen molar-refractivity contribution >= 4 is 49.0 Å². The summed E-state index contributed by atoms with van der Waals surface area (Å²) in [6.07, 6.45) is -0.173. The van der Waals surface area contributed by atoms with Gasteiger partial charge in [-0.25, -0.2) is 19.3 Å². The SMILES string of the molecule is CC(=O)Nc1nc(OC(=O)N(c2ccccc2)c2ccccc2)c2ncn([C@@H]3OCC(C)[C@@H]3OP(OCCC#N)N(C(C)C)C(C)C)c2n1. The molecular formula is C34H41N8O6P. The summed E-state index contributed by atoms with van der Waals surface area (Å²) in [5.41, 5.74) is 1.61. The second-order valence-corrected chi connectivity index (χ2v) is 13.5. The molecule has 49 heavy (non-hydrogen) atoms. The Kier molecular flexibility index (Phi) is 11.9. The van der Waals surface area contributed by atoms with Crippen molar-refractivity contribution < 1.29 is 28.1 Å². The predicted octanol–water partition coefficient (Wildman–Crippen LogP) is 6.95. The Labute approximate surface area is 286 Å². The van der Waals surface area contributed by atoms with E-state index in [9.17, 15) is 9.59 Å². The molecule has 2 amide bonds. The summed E-state index contributed by atoms with van der Waals surface area (Å²) in [5, 5.41) is 11.8. The van der Waals surface area contributed by atoms with Crippen LogP contribution in [0.4, 0.5) is 22.1 Å². The molecule has 14 nitrogen and oxygen atoms in total. The summed E-state index contributed by atoms with van der Waals surface area (Å²) in [7, 11) is -1.58. The molecule has 1 N–H and O–H groups in total. The monoisotopic (exact) mass is 688 g/mol. The summed E-state index contributed by atoms with van der Waals surface area (Å²) >= 11 is 0. The van der Waals surface area contributed by atoms with Gasteiger partial charge in [-0.3, -0.25) is 14.7 Å². The number of anilines is 3. The molecule has 0 bridgehead atoms. The van der Waals surface area contributed by atoms with Gasteiger partial charge in [0.2, 0.25) is 11.9 Å². The summed E-state index contributed by atoms with van der Waals surface area (Å²) < 4.78 is 29.0. The molecule has 4 aromatic rings. The summed E-state index contributed by atoms with van der Waals surface area (Å²) in [4.78, 5) is 40.9. The van der Waals surface area contributed by atoms with Crippen LogP contribution in [0.15, 0.2) is 67.0 Å². The fourth-order valence-corrected chi connectivity index (χ4v) is 7.34. The molecule has 5 rings (SSSR count). The topological polar surface area (TPSA) is 157 Å². The molecule has 0 aliphatic carbocycles. The third-order valence-corrected chi connectivity index (χ3v) is 9.72. The van der Waals surface area contributed by atoms with Crippen LogP contribution in [0.3, 0.4) is 0 Å². The lowest BCUT2D eigenvalue weighted by Gasteiger charge is -2.38. The van der Waals surface area contributed by atoms with Gasteiger partial charge in [-0.05, 0) is 52.0 Å². The number of para-hydroxylation sites is 2. The Morgan fingerprint density at radius 3 is 2.27 bits per heavy atom. The maximum Gasteiger partial charge on any atom is 0.425 e. The fraction of sp³-hybridized carbons (Fsp3) is 0.412. The number of nitriles is 1. The zero-order valence-corrected chi connectivity index (χ0v) is 29.3. The number of aromatic nitrogens is 4. The van der Waals surface area contributed by atoms with Crippen LogP contribution < -0.4 is 15.0 Å². The van der Waals surface area contributed by atoms with Crippen molar-refractivity contribution in [3.05, 3.63) is 67.0 Å². The first-order chi connectivity index (χ1) is 23.6. The van der Waals surface area contributed by atoms with Gasteiger partial charge in [0.05, 0.1) is 43.4 Å². The predicted molar refractivity (Wildman–Crippen MR) is 185 cm³/mol. The standard InChI is InChI=1S/C34H41N8O6P/c1-22(2)42(23(3)4)49(46-19-13-18-35)48-29-24(5)20-45-32(29)40-21-36-28-30(40)38-33(37-25(6)43)39-31(28)47-34(44)41(26-14-9-7-10-15-26)27-16-11-8-12-17-27/h7-12,14-17,21-24,29,32H,13,19-20H2,1-6H3,(H,37,38,39,43)/t24?,29-,32+,49?/m0/s1. The van der Waals surface area contributed by atoms with Crippen LogP contribution in [0.1, 0.15) is 54.2 Å². The number of benzene rings is 2. The minimum atomic E-state index is -1.58. The molecule has 2 aromatic carbocycles. The summed E-state index contributed by atoms with van der Waals surface area (Å²) in [6.45, 7) is 12.2. The Morgan fingerprint density at radius 2 is 1.69 bits per heavy atom. The number of ether oxygens (including phenoxy) is 2. The van der Waals surface area contributed by atoms with E-state index in [1.165, 1.54) is 18.2 Å². The molecule has 258 valence electrons. The number of hydrogen-bond acceptors (Lipinski definition) is 11.